The first-order valence-corrected chi connectivity index (χ1v) is 13.0. The van der Waals surface area contributed by atoms with Crippen molar-refractivity contribution in [3.8, 4) is 0 Å². The zero-order valence-corrected chi connectivity index (χ0v) is 21.3. The third-order valence-electron chi connectivity index (χ3n) is 5.85. The van der Waals surface area contributed by atoms with Crippen molar-refractivity contribution < 1.29 is 33.3 Å². The molecule has 35 heavy (non-hydrogen) atoms. The maximum Gasteiger partial charge on any atom is 0.261 e. The van der Waals surface area contributed by atoms with Crippen LogP contribution in [0.5, 0.6) is 0 Å². The number of unbranched alkanes of at least 4 members (excludes halogenated alkanes) is 7. The van der Waals surface area contributed by atoms with Crippen LogP contribution in [0.1, 0.15) is 72.1 Å². The van der Waals surface area contributed by atoms with Gasteiger partial charge in [0.15, 0.2) is 0 Å². The van der Waals surface area contributed by atoms with E-state index >= 15 is 0 Å². The fourth-order valence-corrected chi connectivity index (χ4v) is 3.88. The number of benzene rings is 1. The predicted molar refractivity (Wildman–Crippen MR) is 134 cm³/mol. The van der Waals surface area contributed by atoms with Gasteiger partial charge in [-0.25, -0.2) is 0 Å². The van der Waals surface area contributed by atoms with Gasteiger partial charge in [-0.3, -0.25) is 14.5 Å². The average molecular weight is 494 g/mol. The average Bonchev–Trinajstić information content (AvgIpc) is 3.12. The Labute approximate surface area is 210 Å². The lowest BCUT2D eigenvalue weighted by Gasteiger charge is -2.13. The Kier molecular flexibility index (Phi) is 16.3. The molecule has 0 unspecified atom stereocenters. The molecule has 1 aromatic rings. The molecule has 0 N–H and O–H groups in total. The van der Waals surface area contributed by atoms with E-state index in [1.165, 1.54) is 30.6 Å². The number of amides is 2. The zero-order valence-electron chi connectivity index (χ0n) is 21.3. The Balaban J connectivity index is 1.27. The van der Waals surface area contributed by atoms with Crippen LogP contribution < -0.4 is 0 Å². The largest absolute Gasteiger partial charge is 0.382 e. The normalized spacial score (nSPS) is 13.1. The molecule has 0 bridgehead atoms. The molecule has 1 aromatic carbocycles. The highest BCUT2D eigenvalue weighted by atomic mass is 16.6. The van der Waals surface area contributed by atoms with Crippen LogP contribution in [0.4, 0.5) is 0 Å². The minimum absolute atomic E-state index is 0.149. The van der Waals surface area contributed by atoms with Crippen LogP contribution in [-0.2, 0) is 23.7 Å². The first-order valence-electron chi connectivity index (χ1n) is 13.0. The molecule has 198 valence electrons. The third kappa shape index (κ3) is 12.1. The van der Waals surface area contributed by atoms with Crippen LogP contribution in [0.3, 0.4) is 0 Å². The lowest BCUT2D eigenvalue weighted by molar-refractivity contribution is -0.00800. The van der Waals surface area contributed by atoms with Crippen molar-refractivity contribution in [2.75, 3.05) is 73.1 Å². The fraction of sp³-hybridized carbons (Fsp3) is 0.704. The van der Waals surface area contributed by atoms with Crippen molar-refractivity contribution in [2.24, 2.45) is 0 Å². The van der Waals surface area contributed by atoms with Crippen molar-refractivity contribution in [3.63, 3.8) is 0 Å². The van der Waals surface area contributed by atoms with Crippen molar-refractivity contribution in [3.05, 3.63) is 35.4 Å². The van der Waals surface area contributed by atoms with E-state index in [0.29, 0.717) is 70.5 Å². The second kappa shape index (κ2) is 19.4. The molecule has 0 radical (unpaired) electrons. The molecule has 0 aliphatic carbocycles. The highest BCUT2D eigenvalue weighted by molar-refractivity contribution is 6.21. The first-order chi connectivity index (χ1) is 17.3. The molecule has 0 aromatic heterocycles. The number of fused-ring (bicyclic) bond motifs is 1. The smallest absolute Gasteiger partial charge is 0.261 e. The molecule has 2 rings (SSSR count). The molecule has 1 aliphatic heterocycles. The molecule has 0 spiro atoms. The van der Waals surface area contributed by atoms with Gasteiger partial charge < -0.3 is 23.7 Å². The van der Waals surface area contributed by atoms with E-state index in [2.05, 4.69) is 0 Å². The van der Waals surface area contributed by atoms with Crippen molar-refractivity contribution in [1.82, 2.24) is 4.90 Å². The Bertz CT molecular complexity index is 678. The van der Waals surface area contributed by atoms with Gasteiger partial charge in [0.2, 0.25) is 0 Å². The van der Waals surface area contributed by atoms with Gasteiger partial charge in [0, 0.05) is 20.3 Å². The van der Waals surface area contributed by atoms with Gasteiger partial charge in [-0.2, -0.15) is 0 Å². The fourth-order valence-electron chi connectivity index (χ4n) is 3.88. The van der Waals surface area contributed by atoms with Crippen LogP contribution in [-0.4, -0.2) is 89.8 Å². The van der Waals surface area contributed by atoms with Crippen LogP contribution in [0.15, 0.2) is 24.3 Å². The maximum atomic E-state index is 12.3. The molecule has 0 fully saturated rings. The van der Waals surface area contributed by atoms with E-state index in [1.54, 1.807) is 31.4 Å². The number of hydrogen-bond acceptors (Lipinski definition) is 7. The van der Waals surface area contributed by atoms with Gasteiger partial charge >= 0.3 is 0 Å². The van der Waals surface area contributed by atoms with Gasteiger partial charge in [-0.05, 0) is 25.0 Å². The number of hydrogen-bond donors (Lipinski definition) is 0. The van der Waals surface area contributed by atoms with Gasteiger partial charge in [0.05, 0.1) is 64.0 Å². The molecule has 0 saturated heterocycles. The minimum Gasteiger partial charge on any atom is -0.382 e. The highest BCUT2D eigenvalue weighted by Crippen LogP contribution is 2.23. The summed E-state index contributed by atoms with van der Waals surface area (Å²) in [4.78, 5) is 26.1. The summed E-state index contributed by atoms with van der Waals surface area (Å²) < 4.78 is 26.7. The Hall–Kier alpha value is -1.84. The van der Waals surface area contributed by atoms with E-state index in [1.807, 2.05) is 0 Å². The number of carbonyl (C=O) groups is 2. The van der Waals surface area contributed by atoms with E-state index in [9.17, 15) is 9.59 Å². The summed E-state index contributed by atoms with van der Waals surface area (Å²) in [7, 11) is 1.65. The number of carbonyl (C=O) groups excluding carboxylic acids is 2. The second-order valence-corrected chi connectivity index (χ2v) is 8.58. The number of nitrogens with zero attached hydrogens (tertiary/aromatic N) is 1. The van der Waals surface area contributed by atoms with Gasteiger partial charge in [-0.15, -0.1) is 0 Å². The topological polar surface area (TPSA) is 83.5 Å². The lowest BCUT2D eigenvalue weighted by Crippen LogP contribution is -2.30. The molecule has 0 saturated carbocycles. The van der Waals surface area contributed by atoms with E-state index in [-0.39, 0.29) is 11.8 Å². The van der Waals surface area contributed by atoms with Crippen molar-refractivity contribution in [2.45, 2.75) is 51.4 Å². The Morgan fingerprint density at radius 3 is 1.43 bits per heavy atom. The van der Waals surface area contributed by atoms with Gasteiger partial charge in [0.1, 0.15) is 0 Å². The Morgan fingerprint density at radius 1 is 0.543 bits per heavy atom. The monoisotopic (exact) mass is 493 g/mol. The number of ether oxygens (including phenoxy) is 5. The summed E-state index contributed by atoms with van der Waals surface area (Å²) in [5, 5.41) is 0. The standard InChI is InChI=1S/C27H43NO7/c1-31-16-17-33-20-21-35-23-22-34-19-18-32-15-11-7-5-3-2-4-6-10-14-28-26(29)24-12-8-9-13-25(24)27(28)30/h8-9,12-13H,2-7,10-11,14-23H2,1H3. The molecule has 8 nitrogen and oxygen atoms in total. The number of methoxy groups -OCH3 is 1. The van der Waals surface area contributed by atoms with Gasteiger partial charge in [0.25, 0.3) is 11.8 Å². The van der Waals surface area contributed by atoms with Crippen molar-refractivity contribution >= 4 is 11.8 Å². The summed E-state index contributed by atoms with van der Waals surface area (Å²) in [5.41, 5.74) is 1.07. The molecule has 2 amide bonds. The summed E-state index contributed by atoms with van der Waals surface area (Å²) >= 11 is 0. The van der Waals surface area contributed by atoms with Crippen molar-refractivity contribution in [1.29, 1.82) is 0 Å². The van der Waals surface area contributed by atoms with Crippen LogP contribution in [0, 0.1) is 0 Å². The summed E-state index contributed by atoms with van der Waals surface area (Å²) in [6, 6.07) is 7.07. The minimum atomic E-state index is -0.149. The van der Waals surface area contributed by atoms with E-state index < -0.39 is 0 Å². The predicted octanol–water partition coefficient (Wildman–Crippen LogP) is 4.12. The molecule has 1 aliphatic rings. The molecule has 1 heterocycles. The molecule has 0 atom stereocenters. The summed E-state index contributed by atoms with van der Waals surface area (Å²) in [6.07, 6.45) is 8.93. The number of rotatable bonds is 23. The van der Waals surface area contributed by atoms with E-state index in [0.717, 1.165) is 32.3 Å². The second-order valence-electron chi connectivity index (χ2n) is 8.58. The molecular formula is C27H43NO7. The SMILES string of the molecule is COCCOCCOCCOCCOCCCCCCCCCCN1C(=O)c2ccccc2C1=O. The van der Waals surface area contributed by atoms with E-state index in [4.69, 9.17) is 23.7 Å². The van der Waals surface area contributed by atoms with Crippen LogP contribution in [0.2, 0.25) is 0 Å². The first kappa shape index (κ1) is 29.4. The van der Waals surface area contributed by atoms with Gasteiger partial charge in [-0.1, -0.05) is 50.7 Å². The van der Waals surface area contributed by atoms with Crippen LogP contribution in [0.25, 0.3) is 0 Å². The lowest BCUT2D eigenvalue weighted by atomic mass is 10.1. The molecular weight excluding hydrogens is 450 g/mol. The number of imide groups is 1. The van der Waals surface area contributed by atoms with Crippen LogP contribution >= 0.6 is 0 Å². The third-order valence-corrected chi connectivity index (χ3v) is 5.85. The quantitative estimate of drug-likeness (QED) is 0.168. The highest BCUT2D eigenvalue weighted by Gasteiger charge is 2.34. The summed E-state index contributed by atoms with van der Waals surface area (Å²) in [6.45, 7) is 5.98. The molecule has 8 heteroatoms. The maximum absolute atomic E-state index is 12.3. The zero-order chi connectivity index (χ0) is 25.0. The Morgan fingerprint density at radius 2 is 0.943 bits per heavy atom. The summed E-state index contributed by atoms with van der Waals surface area (Å²) in [5.74, 6) is -0.298.